The zero-order valence-electron chi connectivity index (χ0n) is 13.4. The van der Waals surface area contributed by atoms with E-state index in [9.17, 15) is 4.79 Å². The maximum absolute atomic E-state index is 13.2. The van der Waals surface area contributed by atoms with Crippen molar-refractivity contribution in [1.29, 1.82) is 0 Å². The quantitative estimate of drug-likeness (QED) is 0.840. The summed E-state index contributed by atoms with van der Waals surface area (Å²) in [5.74, 6) is 0.651. The Morgan fingerprint density at radius 3 is 2.73 bits per heavy atom. The Kier molecular flexibility index (Phi) is 3.17. The molecule has 3 nitrogen and oxygen atoms in total. The first-order valence-electron chi connectivity index (χ1n) is 8.38. The molecule has 0 radical (unpaired) electrons. The van der Waals surface area contributed by atoms with Crippen molar-refractivity contribution in [2.24, 2.45) is 0 Å². The third kappa shape index (κ3) is 2.11. The van der Waals surface area contributed by atoms with Gasteiger partial charge in [0.1, 0.15) is 0 Å². The standard InChI is InChI=1S/C19H22N2O/c1-12-6-5-8-16(14-10-11-14)18(12)19(22)21-17-9-4-3-7-15(17)13(2)20-21/h5-6,8,14H,3-4,7,9-11H2,1-2H3. The Hall–Kier alpha value is -1.90. The fourth-order valence-corrected chi connectivity index (χ4v) is 3.77. The van der Waals surface area contributed by atoms with Crippen molar-refractivity contribution < 1.29 is 4.79 Å². The Morgan fingerprint density at radius 2 is 1.95 bits per heavy atom. The van der Waals surface area contributed by atoms with E-state index < -0.39 is 0 Å². The van der Waals surface area contributed by atoms with Gasteiger partial charge in [-0.2, -0.15) is 5.10 Å². The van der Waals surface area contributed by atoms with Crippen LogP contribution in [0, 0.1) is 13.8 Å². The molecule has 114 valence electrons. The van der Waals surface area contributed by atoms with E-state index in [1.54, 1.807) is 4.68 Å². The SMILES string of the molecule is Cc1cccc(C2CC2)c1C(=O)n1nc(C)c2c1CCCC2. The topological polar surface area (TPSA) is 34.9 Å². The average Bonchev–Trinajstić information content (AvgIpc) is 3.31. The minimum absolute atomic E-state index is 0.0752. The highest BCUT2D eigenvalue weighted by molar-refractivity contribution is 5.99. The van der Waals surface area contributed by atoms with Crippen LogP contribution < -0.4 is 0 Å². The highest BCUT2D eigenvalue weighted by atomic mass is 16.2. The fourth-order valence-electron chi connectivity index (χ4n) is 3.77. The van der Waals surface area contributed by atoms with E-state index in [0.717, 1.165) is 41.8 Å². The largest absolute Gasteiger partial charge is 0.278 e. The summed E-state index contributed by atoms with van der Waals surface area (Å²) >= 11 is 0. The number of hydrogen-bond donors (Lipinski definition) is 0. The molecule has 0 spiro atoms. The summed E-state index contributed by atoms with van der Waals surface area (Å²) in [4.78, 5) is 13.2. The van der Waals surface area contributed by atoms with E-state index in [-0.39, 0.29) is 5.91 Å². The molecule has 1 aromatic heterocycles. The Bertz CT molecular complexity index is 753. The Labute approximate surface area is 131 Å². The number of rotatable bonds is 2. The molecule has 0 unspecified atom stereocenters. The lowest BCUT2D eigenvalue weighted by Crippen LogP contribution is -2.20. The third-order valence-electron chi connectivity index (χ3n) is 5.11. The molecule has 1 fully saturated rings. The minimum Gasteiger partial charge on any atom is -0.267 e. The number of hydrogen-bond acceptors (Lipinski definition) is 2. The van der Waals surface area contributed by atoms with Gasteiger partial charge < -0.3 is 0 Å². The second-order valence-electron chi connectivity index (χ2n) is 6.75. The lowest BCUT2D eigenvalue weighted by molar-refractivity contribution is 0.0939. The lowest BCUT2D eigenvalue weighted by Gasteiger charge is -2.15. The first-order chi connectivity index (χ1) is 10.7. The molecule has 0 bridgehead atoms. The maximum atomic E-state index is 13.2. The van der Waals surface area contributed by atoms with Crippen LogP contribution in [0.15, 0.2) is 18.2 Å². The molecule has 3 heteroatoms. The monoisotopic (exact) mass is 294 g/mol. The van der Waals surface area contributed by atoms with Gasteiger partial charge in [0.2, 0.25) is 0 Å². The van der Waals surface area contributed by atoms with Crippen LogP contribution in [-0.2, 0) is 12.8 Å². The number of nitrogens with zero attached hydrogens (tertiary/aromatic N) is 2. The van der Waals surface area contributed by atoms with Crippen molar-refractivity contribution in [2.45, 2.75) is 58.3 Å². The second-order valence-corrected chi connectivity index (χ2v) is 6.75. The summed E-state index contributed by atoms with van der Waals surface area (Å²) in [5.41, 5.74) is 6.68. The predicted octanol–water partition coefficient (Wildman–Crippen LogP) is 3.94. The van der Waals surface area contributed by atoms with Crippen LogP contribution in [0.5, 0.6) is 0 Å². The zero-order valence-corrected chi connectivity index (χ0v) is 13.4. The van der Waals surface area contributed by atoms with Gasteiger partial charge in [-0.1, -0.05) is 18.2 Å². The van der Waals surface area contributed by atoms with Gasteiger partial charge in [-0.3, -0.25) is 4.79 Å². The van der Waals surface area contributed by atoms with Crippen LogP contribution in [0.2, 0.25) is 0 Å². The Morgan fingerprint density at radius 1 is 1.18 bits per heavy atom. The molecule has 0 amide bonds. The van der Waals surface area contributed by atoms with Crippen LogP contribution in [0.1, 0.15) is 70.0 Å². The molecule has 1 saturated carbocycles. The number of aryl methyl sites for hydroxylation is 2. The van der Waals surface area contributed by atoms with E-state index in [1.165, 1.54) is 30.4 Å². The second kappa shape index (κ2) is 5.08. The van der Waals surface area contributed by atoms with Crippen molar-refractivity contribution >= 4 is 5.91 Å². The van der Waals surface area contributed by atoms with Crippen LogP contribution in [0.3, 0.4) is 0 Å². The third-order valence-corrected chi connectivity index (χ3v) is 5.11. The van der Waals surface area contributed by atoms with Crippen LogP contribution in [0.4, 0.5) is 0 Å². The van der Waals surface area contributed by atoms with Crippen LogP contribution in [0.25, 0.3) is 0 Å². The van der Waals surface area contributed by atoms with E-state index in [2.05, 4.69) is 17.2 Å². The number of benzene rings is 1. The molecule has 22 heavy (non-hydrogen) atoms. The summed E-state index contributed by atoms with van der Waals surface area (Å²) in [6.07, 6.45) is 6.84. The smallest absolute Gasteiger partial charge is 0.267 e. The van der Waals surface area contributed by atoms with Gasteiger partial charge in [-0.15, -0.1) is 0 Å². The zero-order chi connectivity index (χ0) is 15.3. The van der Waals surface area contributed by atoms with E-state index in [0.29, 0.717) is 5.92 Å². The molecular weight excluding hydrogens is 272 g/mol. The molecular formula is C19H22N2O. The highest BCUT2D eigenvalue weighted by Crippen LogP contribution is 2.42. The molecule has 0 saturated heterocycles. The molecule has 0 atom stereocenters. The van der Waals surface area contributed by atoms with Crippen molar-refractivity contribution in [3.8, 4) is 0 Å². The normalized spacial score (nSPS) is 17.4. The summed E-state index contributed by atoms with van der Waals surface area (Å²) in [7, 11) is 0. The molecule has 2 aliphatic carbocycles. The van der Waals surface area contributed by atoms with Crippen molar-refractivity contribution in [3.05, 3.63) is 51.8 Å². The lowest BCUT2D eigenvalue weighted by atomic mass is 9.95. The number of fused-ring (bicyclic) bond motifs is 1. The van der Waals surface area contributed by atoms with Gasteiger partial charge in [-0.05, 0) is 75.0 Å². The fraction of sp³-hybridized carbons (Fsp3) is 0.474. The molecule has 1 heterocycles. The van der Waals surface area contributed by atoms with Crippen molar-refractivity contribution in [1.82, 2.24) is 9.78 Å². The van der Waals surface area contributed by atoms with Gasteiger partial charge in [0.15, 0.2) is 0 Å². The van der Waals surface area contributed by atoms with Crippen LogP contribution >= 0.6 is 0 Å². The average molecular weight is 294 g/mol. The number of carbonyl (C=O) groups excluding carboxylic acids is 1. The van der Waals surface area contributed by atoms with Crippen molar-refractivity contribution in [3.63, 3.8) is 0 Å². The summed E-state index contributed by atoms with van der Waals surface area (Å²) < 4.78 is 1.71. The van der Waals surface area contributed by atoms with E-state index in [4.69, 9.17) is 0 Å². The predicted molar refractivity (Wildman–Crippen MR) is 86.5 cm³/mol. The minimum atomic E-state index is 0.0752. The summed E-state index contributed by atoms with van der Waals surface area (Å²) in [6.45, 7) is 4.08. The van der Waals surface area contributed by atoms with Gasteiger partial charge in [0.25, 0.3) is 5.91 Å². The van der Waals surface area contributed by atoms with Gasteiger partial charge in [0.05, 0.1) is 11.4 Å². The summed E-state index contributed by atoms with van der Waals surface area (Å²) in [6, 6.07) is 6.24. The van der Waals surface area contributed by atoms with E-state index in [1.807, 2.05) is 19.9 Å². The maximum Gasteiger partial charge on any atom is 0.278 e. The summed E-state index contributed by atoms with van der Waals surface area (Å²) in [5, 5.41) is 4.60. The molecule has 0 aliphatic heterocycles. The molecule has 1 aromatic carbocycles. The van der Waals surface area contributed by atoms with Crippen molar-refractivity contribution in [2.75, 3.05) is 0 Å². The first kappa shape index (κ1) is 13.7. The van der Waals surface area contributed by atoms with Crippen LogP contribution in [-0.4, -0.2) is 15.7 Å². The van der Waals surface area contributed by atoms with E-state index >= 15 is 0 Å². The molecule has 0 N–H and O–H groups in total. The van der Waals surface area contributed by atoms with Gasteiger partial charge >= 0.3 is 0 Å². The molecule has 2 aromatic rings. The number of aromatic nitrogens is 2. The number of carbonyl (C=O) groups is 1. The first-order valence-corrected chi connectivity index (χ1v) is 8.38. The molecule has 2 aliphatic rings. The Balaban J connectivity index is 1.83. The highest BCUT2D eigenvalue weighted by Gasteiger charge is 2.31. The molecule has 4 rings (SSSR count). The van der Waals surface area contributed by atoms with Gasteiger partial charge in [0, 0.05) is 5.56 Å². The van der Waals surface area contributed by atoms with Gasteiger partial charge in [-0.25, -0.2) is 4.68 Å².